The Morgan fingerprint density at radius 1 is 1.15 bits per heavy atom. The third kappa shape index (κ3) is 3.96. The number of ether oxygens (including phenoxy) is 3. The van der Waals surface area contributed by atoms with Crippen LogP contribution in [-0.2, 0) is 14.3 Å². The van der Waals surface area contributed by atoms with Gasteiger partial charge in [0.1, 0.15) is 6.61 Å². The maximum absolute atomic E-state index is 12.3. The molecule has 1 amide bonds. The summed E-state index contributed by atoms with van der Waals surface area (Å²) >= 11 is 0. The first-order valence-electron chi connectivity index (χ1n) is 8.41. The quantitative estimate of drug-likeness (QED) is 0.854. The van der Waals surface area contributed by atoms with Gasteiger partial charge < -0.3 is 19.5 Å². The summed E-state index contributed by atoms with van der Waals surface area (Å²) in [6.07, 6.45) is -1.86. The van der Waals surface area contributed by atoms with Gasteiger partial charge in [0.05, 0.1) is 0 Å². The SMILES string of the molecule is Cc1ccc(C)c(NC(=O)[C@H](C)OC(=O)[C@@H]2COc3ccccc3O2)c1. The summed E-state index contributed by atoms with van der Waals surface area (Å²) < 4.78 is 16.3. The molecule has 1 heterocycles. The summed E-state index contributed by atoms with van der Waals surface area (Å²) in [7, 11) is 0. The Morgan fingerprint density at radius 2 is 1.88 bits per heavy atom. The second-order valence-corrected chi connectivity index (χ2v) is 6.25. The number of carbonyl (C=O) groups excluding carboxylic acids is 2. The molecule has 0 saturated heterocycles. The molecule has 3 rings (SSSR count). The fourth-order valence-corrected chi connectivity index (χ4v) is 2.54. The van der Waals surface area contributed by atoms with E-state index >= 15 is 0 Å². The van der Waals surface area contributed by atoms with Gasteiger partial charge in [-0.05, 0) is 50.1 Å². The van der Waals surface area contributed by atoms with Gasteiger partial charge in [0.15, 0.2) is 17.6 Å². The average Bonchev–Trinajstić information content (AvgIpc) is 2.64. The monoisotopic (exact) mass is 355 g/mol. The Balaban J connectivity index is 1.59. The van der Waals surface area contributed by atoms with Crippen molar-refractivity contribution in [1.82, 2.24) is 0 Å². The van der Waals surface area contributed by atoms with Crippen LogP contribution in [0.1, 0.15) is 18.1 Å². The fraction of sp³-hybridized carbons (Fsp3) is 0.300. The third-order valence-electron chi connectivity index (χ3n) is 4.08. The summed E-state index contributed by atoms with van der Waals surface area (Å²) in [5, 5.41) is 2.79. The Hall–Kier alpha value is -3.02. The van der Waals surface area contributed by atoms with E-state index in [0.29, 0.717) is 17.2 Å². The molecule has 0 saturated carbocycles. The highest BCUT2D eigenvalue weighted by atomic mass is 16.6. The topological polar surface area (TPSA) is 73.9 Å². The van der Waals surface area contributed by atoms with Crippen LogP contribution in [0.25, 0.3) is 0 Å². The van der Waals surface area contributed by atoms with E-state index in [4.69, 9.17) is 14.2 Å². The number of benzene rings is 2. The smallest absolute Gasteiger partial charge is 0.351 e. The lowest BCUT2D eigenvalue weighted by molar-refractivity contribution is -0.162. The van der Waals surface area contributed by atoms with Crippen molar-refractivity contribution in [3.8, 4) is 11.5 Å². The maximum Gasteiger partial charge on any atom is 0.351 e. The fourth-order valence-electron chi connectivity index (χ4n) is 2.54. The van der Waals surface area contributed by atoms with Gasteiger partial charge in [0.25, 0.3) is 5.91 Å². The van der Waals surface area contributed by atoms with Crippen molar-refractivity contribution in [1.29, 1.82) is 0 Å². The Labute approximate surface area is 152 Å². The predicted molar refractivity (Wildman–Crippen MR) is 96.5 cm³/mol. The van der Waals surface area contributed by atoms with Crippen LogP contribution in [0.15, 0.2) is 42.5 Å². The lowest BCUT2D eigenvalue weighted by Gasteiger charge is -2.26. The second kappa shape index (κ2) is 7.47. The molecule has 1 aliphatic heterocycles. The Morgan fingerprint density at radius 3 is 2.65 bits per heavy atom. The molecule has 0 bridgehead atoms. The number of hydrogen-bond donors (Lipinski definition) is 1. The van der Waals surface area contributed by atoms with Gasteiger partial charge in [0.2, 0.25) is 6.10 Å². The van der Waals surface area contributed by atoms with E-state index < -0.39 is 24.1 Å². The highest BCUT2D eigenvalue weighted by Crippen LogP contribution is 2.31. The molecule has 0 unspecified atom stereocenters. The lowest BCUT2D eigenvalue weighted by Crippen LogP contribution is -2.41. The molecule has 6 nitrogen and oxygen atoms in total. The van der Waals surface area contributed by atoms with E-state index in [1.165, 1.54) is 6.92 Å². The minimum absolute atomic E-state index is 0.0428. The summed E-state index contributed by atoms with van der Waals surface area (Å²) in [5.41, 5.74) is 2.66. The van der Waals surface area contributed by atoms with Crippen LogP contribution in [0, 0.1) is 13.8 Å². The minimum atomic E-state index is -0.955. The van der Waals surface area contributed by atoms with Crippen molar-refractivity contribution >= 4 is 17.6 Å². The van der Waals surface area contributed by atoms with Crippen LogP contribution in [0.4, 0.5) is 5.69 Å². The molecule has 0 radical (unpaired) electrons. The van der Waals surface area contributed by atoms with Crippen LogP contribution in [0.3, 0.4) is 0 Å². The zero-order valence-corrected chi connectivity index (χ0v) is 14.9. The largest absolute Gasteiger partial charge is 0.485 e. The minimum Gasteiger partial charge on any atom is -0.485 e. The molecule has 26 heavy (non-hydrogen) atoms. The average molecular weight is 355 g/mol. The lowest BCUT2D eigenvalue weighted by atomic mass is 10.1. The van der Waals surface area contributed by atoms with Gasteiger partial charge in [-0.25, -0.2) is 4.79 Å². The van der Waals surface area contributed by atoms with Gasteiger partial charge >= 0.3 is 5.97 Å². The summed E-state index contributed by atoms with van der Waals surface area (Å²) in [6.45, 7) is 5.41. The first kappa shape index (κ1) is 17.8. The highest BCUT2D eigenvalue weighted by Gasteiger charge is 2.31. The molecule has 1 aliphatic rings. The number of fused-ring (bicyclic) bond motifs is 1. The normalized spacial score (nSPS) is 16.5. The Kier molecular flexibility index (Phi) is 5.11. The highest BCUT2D eigenvalue weighted by molar-refractivity contribution is 5.96. The summed E-state index contributed by atoms with van der Waals surface area (Å²) in [4.78, 5) is 24.6. The first-order chi connectivity index (χ1) is 12.4. The standard InChI is InChI=1S/C20H21NO5/c1-12-8-9-13(2)15(10-12)21-19(22)14(3)25-20(23)18-11-24-16-6-4-5-7-17(16)26-18/h4-10,14,18H,11H2,1-3H3,(H,21,22)/t14-,18-/m0/s1. The van der Waals surface area contributed by atoms with Crippen LogP contribution in [0.2, 0.25) is 0 Å². The van der Waals surface area contributed by atoms with E-state index in [1.54, 1.807) is 18.2 Å². The molecule has 0 aliphatic carbocycles. The molecule has 136 valence electrons. The molecule has 2 aromatic carbocycles. The van der Waals surface area contributed by atoms with Crippen LogP contribution >= 0.6 is 0 Å². The number of para-hydroxylation sites is 2. The van der Waals surface area contributed by atoms with Crippen molar-refractivity contribution < 1.29 is 23.8 Å². The molecule has 0 aromatic heterocycles. The molecular formula is C20H21NO5. The maximum atomic E-state index is 12.3. The molecule has 1 N–H and O–H groups in total. The van der Waals surface area contributed by atoms with Gasteiger partial charge in [-0.2, -0.15) is 0 Å². The van der Waals surface area contributed by atoms with Crippen molar-refractivity contribution in [2.45, 2.75) is 33.0 Å². The number of nitrogens with one attached hydrogen (secondary N) is 1. The van der Waals surface area contributed by atoms with E-state index in [1.807, 2.05) is 38.1 Å². The van der Waals surface area contributed by atoms with Gasteiger partial charge in [-0.3, -0.25) is 4.79 Å². The van der Waals surface area contributed by atoms with Gasteiger partial charge in [0, 0.05) is 5.69 Å². The number of anilines is 1. The van der Waals surface area contributed by atoms with Crippen molar-refractivity contribution in [3.05, 3.63) is 53.6 Å². The van der Waals surface area contributed by atoms with Crippen molar-refractivity contribution in [2.24, 2.45) is 0 Å². The number of rotatable bonds is 4. The van der Waals surface area contributed by atoms with Crippen molar-refractivity contribution in [3.63, 3.8) is 0 Å². The van der Waals surface area contributed by atoms with Crippen molar-refractivity contribution in [2.75, 3.05) is 11.9 Å². The van der Waals surface area contributed by atoms with E-state index in [-0.39, 0.29) is 6.61 Å². The summed E-state index contributed by atoms with van der Waals surface area (Å²) in [6, 6.07) is 12.8. The molecule has 0 fully saturated rings. The van der Waals surface area contributed by atoms with Gasteiger partial charge in [-0.1, -0.05) is 24.3 Å². The third-order valence-corrected chi connectivity index (χ3v) is 4.08. The predicted octanol–water partition coefficient (Wildman–Crippen LogP) is 3.01. The first-order valence-corrected chi connectivity index (χ1v) is 8.41. The molecule has 0 spiro atoms. The molecule has 2 aromatic rings. The van der Waals surface area contributed by atoms with Gasteiger partial charge in [-0.15, -0.1) is 0 Å². The van der Waals surface area contributed by atoms with Crippen LogP contribution in [0.5, 0.6) is 11.5 Å². The van der Waals surface area contributed by atoms with E-state index in [9.17, 15) is 9.59 Å². The molecule has 6 heteroatoms. The summed E-state index contributed by atoms with van der Waals surface area (Å²) in [5.74, 6) is 0.0257. The zero-order chi connectivity index (χ0) is 18.7. The van der Waals surface area contributed by atoms with Crippen LogP contribution in [-0.4, -0.2) is 30.7 Å². The number of amides is 1. The number of hydrogen-bond acceptors (Lipinski definition) is 5. The number of esters is 1. The number of carbonyl (C=O) groups is 2. The second-order valence-electron chi connectivity index (χ2n) is 6.25. The van der Waals surface area contributed by atoms with E-state index in [2.05, 4.69) is 5.32 Å². The number of aryl methyl sites for hydroxylation is 2. The Bertz CT molecular complexity index is 833. The van der Waals surface area contributed by atoms with E-state index in [0.717, 1.165) is 11.1 Å². The molecule has 2 atom stereocenters. The van der Waals surface area contributed by atoms with Crippen LogP contribution < -0.4 is 14.8 Å². The zero-order valence-electron chi connectivity index (χ0n) is 14.9. The molecular weight excluding hydrogens is 334 g/mol.